The number of carbonyl (C=O) groups excluding carboxylic acids is 1. The number of likely N-dealkylation sites (N-methyl/N-ethyl adjacent to an activating group) is 1. The summed E-state index contributed by atoms with van der Waals surface area (Å²) in [5.41, 5.74) is 0.901. The fourth-order valence-corrected chi connectivity index (χ4v) is 4.42. The molecule has 1 amide bonds. The molecule has 3 rings (SSSR count). The number of aromatic nitrogens is 1. The molecule has 1 atom stereocenters. The Morgan fingerprint density at radius 3 is 2.80 bits per heavy atom. The van der Waals surface area contributed by atoms with Crippen LogP contribution in [0.1, 0.15) is 18.4 Å². The van der Waals surface area contributed by atoms with Crippen molar-refractivity contribution in [1.29, 1.82) is 0 Å². The van der Waals surface area contributed by atoms with E-state index in [2.05, 4.69) is 4.98 Å². The van der Waals surface area contributed by atoms with Gasteiger partial charge < -0.3 is 14.4 Å². The van der Waals surface area contributed by atoms with Crippen LogP contribution in [0.15, 0.2) is 53.7 Å². The van der Waals surface area contributed by atoms with Crippen LogP contribution in [0.5, 0.6) is 5.75 Å². The molecule has 0 spiro atoms. The Morgan fingerprint density at radius 2 is 2.13 bits per heavy atom. The van der Waals surface area contributed by atoms with Gasteiger partial charge in [0.05, 0.1) is 19.8 Å². The highest BCUT2D eigenvalue weighted by Crippen LogP contribution is 2.19. The van der Waals surface area contributed by atoms with Crippen LogP contribution in [-0.2, 0) is 26.1 Å². The van der Waals surface area contributed by atoms with Crippen LogP contribution in [0.25, 0.3) is 0 Å². The van der Waals surface area contributed by atoms with E-state index in [1.54, 1.807) is 18.1 Å². The molecule has 0 bridgehead atoms. The fourth-order valence-electron chi connectivity index (χ4n) is 3.33. The maximum Gasteiger partial charge on any atom is 0.244 e. The second kappa shape index (κ2) is 10.0. The number of hydrogen-bond donors (Lipinski definition) is 0. The summed E-state index contributed by atoms with van der Waals surface area (Å²) >= 11 is 0. The van der Waals surface area contributed by atoms with Gasteiger partial charge >= 0.3 is 0 Å². The average molecular weight is 434 g/mol. The van der Waals surface area contributed by atoms with E-state index in [1.807, 2.05) is 24.3 Å². The summed E-state index contributed by atoms with van der Waals surface area (Å²) in [7, 11) is -0.817. The second-order valence-electron chi connectivity index (χ2n) is 7.21. The van der Waals surface area contributed by atoms with E-state index in [0.29, 0.717) is 25.4 Å². The van der Waals surface area contributed by atoms with Gasteiger partial charge in [0.2, 0.25) is 15.9 Å². The molecule has 0 N–H and O–H groups in total. The zero-order valence-electron chi connectivity index (χ0n) is 17.2. The first-order valence-electron chi connectivity index (χ1n) is 9.79. The van der Waals surface area contributed by atoms with Crippen LogP contribution in [0.3, 0.4) is 0 Å². The molecule has 162 valence electrons. The number of methoxy groups -OCH3 is 1. The zero-order chi connectivity index (χ0) is 21.6. The molecule has 2 heterocycles. The summed E-state index contributed by atoms with van der Waals surface area (Å²) < 4.78 is 37.5. The minimum atomic E-state index is -3.81. The Hall–Kier alpha value is -2.49. The second-order valence-corrected chi connectivity index (χ2v) is 9.26. The molecule has 1 saturated heterocycles. The molecular weight excluding hydrogens is 406 g/mol. The number of amides is 1. The Balaban J connectivity index is 1.75. The van der Waals surface area contributed by atoms with E-state index in [1.165, 1.54) is 25.5 Å². The number of rotatable bonds is 9. The molecule has 1 aliphatic heterocycles. The van der Waals surface area contributed by atoms with E-state index >= 15 is 0 Å². The van der Waals surface area contributed by atoms with Gasteiger partial charge in [0, 0.05) is 39.1 Å². The standard InChI is InChI=1S/C21H27N3O5S/c1-23(30(26,27)20-9-4-10-22-13-20)16-21(25)24(15-19-8-5-11-29-19)14-17-6-3-7-18(12-17)28-2/h3-4,6-7,9-10,12-13,19H,5,8,11,14-16H2,1-2H3. The van der Waals surface area contributed by atoms with Crippen molar-refractivity contribution in [3.63, 3.8) is 0 Å². The van der Waals surface area contributed by atoms with Gasteiger partial charge in [-0.05, 0) is 42.7 Å². The summed E-state index contributed by atoms with van der Waals surface area (Å²) in [4.78, 5) is 18.7. The van der Waals surface area contributed by atoms with Crippen LogP contribution < -0.4 is 4.74 Å². The first kappa shape index (κ1) is 22.2. The number of pyridine rings is 1. The van der Waals surface area contributed by atoms with E-state index in [0.717, 1.165) is 22.7 Å². The van der Waals surface area contributed by atoms with Crippen molar-refractivity contribution >= 4 is 15.9 Å². The number of carbonyl (C=O) groups is 1. The third-order valence-electron chi connectivity index (χ3n) is 5.01. The quantitative estimate of drug-likeness (QED) is 0.600. The van der Waals surface area contributed by atoms with Crippen molar-refractivity contribution in [3.05, 3.63) is 54.4 Å². The van der Waals surface area contributed by atoms with Crippen LogP contribution in [-0.4, -0.2) is 68.5 Å². The Morgan fingerprint density at radius 1 is 1.30 bits per heavy atom. The van der Waals surface area contributed by atoms with Gasteiger partial charge in [-0.25, -0.2) is 8.42 Å². The molecular formula is C21H27N3O5S. The number of benzene rings is 1. The topological polar surface area (TPSA) is 89.0 Å². The lowest BCUT2D eigenvalue weighted by molar-refractivity contribution is -0.133. The van der Waals surface area contributed by atoms with Crippen molar-refractivity contribution in [1.82, 2.24) is 14.2 Å². The van der Waals surface area contributed by atoms with Crippen LogP contribution in [0.4, 0.5) is 0 Å². The first-order valence-corrected chi connectivity index (χ1v) is 11.2. The predicted molar refractivity (Wildman–Crippen MR) is 111 cm³/mol. The van der Waals surface area contributed by atoms with Gasteiger partial charge in [0.25, 0.3) is 0 Å². The summed E-state index contributed by atoms with van der Waals surface area (Å²) in [6.07, 6.45) is 4.57. The van der Waals surface area contributed by atoms with Gasteiger partial charge in [-0.15, -0.1) is 0 Å². The lowest BCUT2D eigenvalue weighted by atomic mass is 10.1. The summed E-state index contributed by atoms with van der Waals surface area (Å²) in [6.45, 7) is 1.17. The highest BCUT2D eigenvalue weighted by atomic mass is 32.2. The van der Waals surface area contributed by atoms with Gasteiger partial charge in [-0.3, -0.25) is 9.78 Å². The molecule has 1 aromatic heterocycles. The molecule has 0 saturated carbocycles. The molecule has 1 fully saturated rings. The zero-order valence-corrected chi connectivity index (χ0v) is 18.0. The minimum Gasteiger partial charge on any atom is -0.497 e. The van der Waals surface area contributed by atoms with Crippen LogP contribution >= 0.6 is 0 Å². The lowest BCUT2D eigenvalue weighted by Gasteiger charge is -2.27. The Bertz CT molecular complexity index is 946. The Kier molecular flexibility index (Phi) is 7.41. The van der Waals surface area contributed by atoms with Gasteiger partial charge in [-0.2, -0.15) is 4.31 Å². The highest BCUT2D eigenvalue weighted by molar-refractivity contribution is 7.89. The first-order chi connectivity index (χ1) is 14.4. The van der Waals surface area contributed by atoms with Crippen molar-refractivity contribution in [2.75, 3.05) is 33.9 Å². The smallest absolute Gasteiger partial charge is 0.244 e. The van der Waals surface area contributed by atoms with E-state index < -0.39 is 10.0 Å². The van der Waals surface area contributed by atoms with E-state index in [-0.39, 0.29) is 23.5 Å². The van der Waals surface area contributed by atoms with Gasteiger partial charge in [-0.1, -0.05) is 12.1 Å². The highest BCUT2D eigenvalue weighted by Gasteiger charge is 2.28. The third kappa shape index (κ3) is 5.56. The molecule has 2 aromatic rings. The van der Waals surface area contributed by atoms with E-state index in [9.17, 15) is 13.2 Å². The number of sulfonamides is 1. The molecule has 9 heteroatoms. The van der Waals surface area contributed by atoms with E-state index in [4.69, 9.17) is 9.47 Å². The monoisotopic (exact) mass is 433 g/mol. The van der Waals surface area contributed by atoms with Crippen LogP contribution in [0.2, 0.25) is 0 Å². The molecule has 8 nitrogen and oxygen atoms in total. The average Bonchev–Trinajstić information content (AvgIpc) is 3.27. The normalized spacial score (nSPS) is 16.6. The molecule has 0 aliphatic carbocycles. The van der Waals surface area contributed by atoms with Crippen molar-refractivity contribution in [3.8, 4) is 5.75 Å². The summed E-state index contributed by atoms with van der Waals surface area (Å²) in [5, 5.41) is 0. The van der Waals surface area contributed by atoms with Crippen molar-refractivity contribution < 1.29 is 22.7 Å². The maximum absolute atomic E-state index is 13.1. The summed E-state index contributed by atoms with van der Waals surface area (Å²) in [6, 6.07) is 10.5. The third-order valence-corrected chi connectivity index (χ3v) is 6.80. The molecule has 30 heavy (non-hydrogen) atoms. The lowest BCUT2D eigenvalue weighted by Crippen LogP contribution is -2.43. The minimum absolute atomic E-state index is 0.0419. The number of ether oxygens (including phenoxy) is 2. The molecule has 1 unspecified atom stereocenters. The van der Waals surface area contributed by atoms with Crippen molar-refractivity contribution in [2.24, 2.45) is 0 Å². The fraction of sp³-hybridized carbons (Fsp3) is 0.429. The molecule has 1 aromatic carbocycles. The molecule has 1 aliphatic rings. The van der Waals surface area contributed by atoms with Gasteiger partial charge in [0.15, 0.2) is 0 Å². The number of hydrogen-bond acceptors (Lipinski definition) is 6. The maximum atomic E-state index is 13.1. The summed E-state index contributed by atoms with van der Waals surface area (Å²) in [5.74, 6) is 0.413. The predicted octanol–water partition coefficient (Wildman–Crippen LogP) is 1.92. The Labute approximate surface area is 177 Å². The number of nitrogens with zero attached hydrogens (tertiary/aromatic N) is 3. The van der Waals surface area contributed by atoms with Gasteiger partial charge in [0.1, 0.15) is 10.6 Å². The molecule has 0 radical (unpaired) electrons. The van der Waals surface area contributed by atoms with Crippen molar-refractivity contribution in [2.45, 2.75) is 30.4 Å². The largest absolute Gasteiger partial charge is 0.497 e. The SMILES string of the molecule is COc1cccc(CN(CC2CCCO2)C(=O)CN(C)S(=O)(=O)c2cccnc2)c1. The van der Waals surface area contributed by atoms with Crippen LogP contribution in [0, 0.1) is 0 Å².